The second-order valence-corrected chi connectivity index (χ2v) is 7.57. The van der Waals surface area contributed by atoms with Gasteiger partial charge in [-0.2, -0.15) is 4.31 Å². The molecule has 1 atom stereocenters. The lowest BCUT2D eigenvalue weighted by Crippen LogP contribution is -2.40. The lowest BCUT2D eigenvalue weighted by molar-refractivity contribution is 0.449. The molecule has 0 spiro atoms. The standard InChI is InChI=1S/C13H21N3O2S/c1-11(9-15-12-6-7-12)19(17,18)16(2)10-13-5-3-4-8-14-13/h3-5,8,11-12,15H,6-7,9-10H2,1-2H3. The van der Waals surface area contributed by atoms with E-state index in [-0.39, 0.29) is 0 Å². The van der Waals surface area contributed by atoms with Crippen molar-refractivity contribution in [1.29, 1.82) is 0 Å². The van der Waals surface area contributed by atoms with Crippen molar-refractivity contribution in [3.8, 4) is 0 Å². The highest BCUT2D eigenvalue weighted by Crippen LogP contribution is 2.19. The maximum atomic E-state index is 12.3. The quantitative estimate of drug-likeness (QED) is 0.810. The van der Waals surface area contributed by atoms with Crippen LogP contribution in [0.25, 0.3) is 0 Å². The van der Waals surface area contributed by atoms with E-state index in [1.807, 2.05) is 18.2 Å². The van der Waals surface area contributed by atoms with Gasteiger partial charge in [0.15, 0.2) is 0 Å². The van der Waals surface area contributed by atoms with E-state index in [0.29, 0.717) is 19.1 Å². The van der Waals surface area contributed by atoms with Crippen molar-refractivity contribution in [2.75, 3.05) is 13.6 Å². The zero-order valence-electron chi connectivity index (χ0n) is 11.4. The molecule has 1 aliphatic rings. The van der Waals surface area contributed by atoms with Crippen LogP contribution >= 0.6 is 0 Å². The largest absolute Gasteiger partial charge is 0.313 e. The topological polar surface area (TPSA) is 62.3 Å². The van der Waals surface area contributed by atoms with E-state index in [4.69, 9.17) is 0 Å². The van der Waals surface area contributed by atoms with Gasteiger partial charge in [0.1, 0.15) is 0 Å². The zero-order chi connectivity index (χ0) is 13.9. The van der Waals surface area contributed by atoms with E-state index in [2.05, 4.69) is 10.3 Å². The highest BCUT2D eigenvalue weighted by atomic mass is 32.2. The number of pyridine rings is 1. The fraction of sp³-hybridized carbons (Fsp3) is 0.615. The van der Waals surface area contributed by atoms with E-state index in [1.165, 1.54) is 4.31 Å². The van der Waals surface area contributed by atoms with Crippen molar-refractivity contribution in [2.24, 2.45) is 0 Å². The van der Waals surface area contributed by atoms with E-state index in [9.17, 15) is 8.42 Å². The van der Waals surface area contributed by atoms with Gasteiger partial charge in [-0.3, -0.25) is 4.98 Å². The molecule has 0 aliphatic heterocycles. The molecule has 1 N–H and O–H groups in total. The molecule has 2 rings (SSSR count). The summed E-state index contributed by atoms with van der Waals surface area (Å²) in [6.07, 6.45) is 4.00. The van der Waals surface area contributed by atoms with Gasteiger partial charge in [-0.1, -0.05) is 6.07 Å². The Morgan fingerprint density at radius 1 is 1.47 bits per heavy atom. The number of sulfonamides is 1. The second-order valence-electron chi connectivity index (χ2n) is 5.12. The maximum absolute atomic E-state index is 12.3. The number of aromatic nitrogens is 1. The minimum Gasteiger partial charge on any atom is -0.313 e. The normalized spacial score (nSPS) is 17.6. The SMILES string of the molecule is CC(CNC1CC1)S(=O)(=O)N(C)Cc1ccccn1. The van der Waals surface area contributed by atoms with Crippen LogP contribution in [-0.2, 0) is 16.6 Å². The Balaban J connectivity index is 1.93. The van der Waals surface area contributed by atoms with Gasteiger partial charge in [-0.05, 0) is 31.9 Å². The summed E-state index contributed by atoms with van der Waals surface area (Å²) in [5.41, 5.74) is 0.760. The van der Waals surface area contributed by atoms with E-state index >= 15 is 0 Å². The lowest BCUT2D eigenvalue weighted by Gasteiger charge is -2.22. The van der Waals surface area contributed by atoms with Gasteiger partial charge in [0.25, 0.3) is 0 Å². The van der Waals surface area contributed by atoms with Crippen LogP contribution < -0.4 is 5.32 Å². The Morgan fingerprint density at radius 2 is 2.21 bits per heavy atom. The monoisotopic (exact) mass is 283 g/mol. The molecule has 1 fully saturated rings. The third kappa shape index (κ3) is 3.99. The average Bonchev–Trinajstić information content (AvgIpc) is 3.21. The third-order valence-corrected chi connectivity index (χ3v) is 5.51. The molecular weight excluding hydrogens is 262 g/mol. The molecule has 1 aromatic rings. The van der Waals surface area contributed by atoms with Crippen LogP contribution in [0.4, 0.5) is 0 Å². The fourth-order valence-electron chi connectivity index (χ4n) is 1.84. The van der Waals surface area contributed by atoms with Crippen LogP contribution in [0.2, 0.25) is 0 Å². The number of hydrogen-bond donors (Lipinski definition) is 1. The first-order chi connectivity index (χ1) is 9.00. The van der Waals surface area contributed by atoms with Crippen molar-refractivity contribution in [2.45, 2.75) is 37.6 Å². The van der Waals surface area contributed by atoms with Crippen LogP contribution in [0.15, 0.2) is 24.4 Å². The molecule has 1 saturated carbocycles. The average molecular weight is 283 g/mol. The van der Waals surface area contributed by atoms with Gasteiger partial charge >= 0.3 is 0 Å². The molecule has 1 heterocycles. The summed E-state index contributed by atoms with van der Waals surface area (Å²) < 4.78 is 26.0. The van der Waals surface area contributed by atoms with Crippen LogP contribution in [0.3, 0.4) is 0 Å². The van der Waals surface area contributed by atoms with Crippen molar-refractivity contribution in [1.82, 2.24) is 14.6 Å². The van der Waals surface area contributed by atoms with Gasteiger partial charge in [0.05, 0.1) is 17.5 Å². The van der Waals surface area contributed by atoms with Gasteiger partial charge in [-0.25, -0.2) is 8.42 Å². The second kappa shape index (κ2) is 5.98. The molecule has 1 aromatic heterocycles. The highest BCUT2D eigenvalue weighted by Gasteiger charge is 2.28. The Hall–Kier alpha value is -0.980. The van der Waals surface area contributed by atoms with Crippen molar-refractivity contribution in [3.63, 3.8) is 0 Å². The first-order valence-corrected chi connectivity index (χ1v) is 8.09. The molecule has 6 heteroatoms. The summed E-state index contributed by atoms with van der Waals surface area (Å²) in [7, 11) is -1.67. The minimum absolute atomic E-state index is 0.316. The van der Waals surface area contributed by atoms with Gasteiger partial charge in [-0.15, -0.1) is 0 Å². The van der Waals surface area contributed by atoms with Crippen molar-refractivity contribution < 1.29 is 8.42 Å². The molecule has 0 bridgehead atoms. The molecule has 0 saturated heterocycles. The summed E-state index contributed by atoms with van der Waals surface area (Å²) in [6.45, 7) is 2.58. The van der Waals surface area contributed by atoms with Gasteiger partial charge in [0.2, 0.25) is 10.0 Å². The summed E-state index contributed by atoms with van der Waals surface area (Å²) in [5.74, 6) is 0. The van der Waals surface area contributed by atoms with Gasteiger partial charge in [0, 0.05) is 25.8 Å². The predicted octanol–water partition coefficient (Wildman–Crippen LogP) is 0.984. The maximum Gasteiger partial charge on any atom is 0.218 e. The Morgan fingerprint density at radius 3 is 2.79 bits per heavy atom. The number of nitrogens with zero attached hydrogens (tertiary/aromatic N) is 2. The molecule has 1 unspecified atom stereocenters. The summed E-state index contributed by atoms with van der Waals surface area (Å²) in [4.78, 5) is 4.15. The molecule has 0 radical (unpaired) electrons. The van der Waals surface area contributed by atoms with E-state index < -0.39 is 15.3 Å². The molecule has 0 aromatic carbocycles. The van der Waals surface area contributed by atoms with Crippen LogP contribution in [0.5, 0.6) is 0 Å². The smallest absolute Gasteiger partial charge is 0.218 e. The molecular formula is C13H21N3O2S. The highest BCUT2D eigenvalue weighted by molar-refractivity contribution is 7.89. The van der Waals surface area contributed by atoms with Crippen LogP contribution in [-0.4, -0.2) is 42.6 Å². The Labute approximate surface area is 115 Å². The summed E-state index contributed by atoms with van der Waals surface area (Å²) >= 11 is 0. The molecule has 1 aliphatic carbocycles. The minimum atomic E-state index is -3.27. The molecule has 19 heavy (non-hydrogen) atoms. The molecule has 0 amide bonds. The lowest BCUT2D eigenvalue weighted by atomic mass is 10.3. The number of hydrogen-bond acceptors (Lipinski definition) is 4. The third-order valence-electron chi connectivity index (χ3n) is 3.33. The first kappa shape index (κ1) is 14.4. The Kier molecular flexibility index (Phi) is 4.54. The van der Waals surface area contributed by atoms with Crippen molar-refractivity contribution in [3.05, 3.63) is 30.1 Å². The van der Waals surface area contributed by atoms with E-state index in [0.717, 1.165) is 18.5 Å². The molecule has 5 nitrogen and oxygen atoms in total. The zero-order valence-corrected chi connectivity index (χ0v) is 12.2. The van der Waals surface area contributed by atoms with Crippen molar-refractivity contribution >= 4 is 10.0 Å². The fourth-order valence-corrected chi connectivity index (χ4v) is 3.08. The van der Waals surface area contributed by atoms with Crippen LogP contribution in [0.1, 0.15) is 25.5 Å². The predicted molar refractivity (Wildman–Crippen MR) is 75.1 cm³/mol. The summed E-state index contributed by atoms with van der Waals surface area (Å²) in [6, 6.07) is 6.04. The number of nitrogens with one attached hydrogen (secondary N) is 1. The van der Waals surface area contributed by atoms with Gasteiger partial charge < -0.3 is 5.32 Å². The number of rotatable bonds is 7. The Bertz CT molecular complexity index is 500. The van der Waals surface area contributed by atoms with E-state index in [1.54, 1.807) is 20.2 Å². The molecule has 106 valence electrons. The summed E-state index contributed by atoms with van der Waals surface area (Å²) in [5, 5.41) is 2.84. The first-order valence-electron chi connectivity index (χ1n) is 6.58. The van der Waals surface area contributed by atoms with Crippen LogP contribution in [0, 0.1) is 0 Å².